The van der Waals surface area contributed by atoms with Crippen LogP contribution in [0, 0.1) is 0 Å². The van der Waals surface area contributed by atoms with Crippen LogP contribution in [0.25, 0.3) is 30.6 Å². The van der Waals surface area contributed by atoms with Crippen molar-refractivity contribution in [2.24, 2.45) is 0 Å². The van der Waals surface area contributed by atoms with Gasteiger partial charge in [-0.3, -0.25) is 0 Å². The number of rotatable bonds is 22. The van der Waals surface area contributed by atoms with Gasteiger partial charge in [0.25, 0.3) is 0 Å². The fraction of sp³-hybridized carbons (Fsp3) is 0.474. The molecule has 46 heavy (non-hydrogen) atoms. The number of hydrogen-bond donors (Lipinski definition) is 4. The molecule has 0 saturated carbocycles. The molecule has 0 amide bonds. The van der Waals surface area contributed by atoms with E-state index in [1.165, 1.54) is 89.3 Å². The molecule has 0 spiro atoms. The summed E-state index contributed by atoms with van der Waals surface area (Å²) < 4.78 is 11.2. The first-order valence-corrected chi connectivity index (χ1v) is 18.4. The van der Waals surface area contributed by atoms with E-state index in [1.54, 1.807) is 11.3 Å². The zero-order valence-electron chi connectivity index (χ0n) is 27.0. The Bertz CT molecular complexity index is 1400. The molecule has 0 aliphatic heterocycles. The van der Waals surface area contributed by atoms with Crippen molar-refractivity contribution in [2.75, 3.05) is 26.4 Å². The Hall–Kier alpha value is -2.72. The summed E-state index contributed by atoms with van der Waals surface area (Å²) in [6.45, 7) is 1.75. The zero-order valence-corrected chi connectivity index (χ0v) is 28.7. The van der Waals surface area contributed by atoms with Gasteiger partial charge in [0.15, 0.2) is 0 Å². The lowest BCUT2D eigenvalue weighted by Gasteiger charge is -2.10. The average molecular weight is 667 g/mol. The minimum atomic E-state index is -0.889. The number of ether oxygens (including phenoxy) is 2. The molecule has 250 valence electrons. The number of aliphatic hydroxyl groups excluding tert-OH is 4. The summed E-state index contributed by atoms with van der Waals surface area (Å²) in [6, 6.07) is 22.6. The highest BCUT2D eigenvalue weighted by Gasteiger charge is 2.15. The molecular formula is C38H50O6S2. The standard InChI is InChI=1S/C38H50O6S2/c1-2-3-4-5-6-7-8-9-10-11-12-30-23-37(46-38(30)29-15-19-34(20-16-29)44-27-32(42)25-40)36-22-21-35(45-36)28-13-17-33(18-14-28)43-26-31(41)24-39/h13-23,31-32,39-42H,2-12,24-27H2,1H3. The molecule has 2 heterocycles. The molecule has 0 saturated heterocycles. The molecule has 4 rings (SSSR count). The van der Waals surface area contributed by atoms with Gasteiger partial charge in [0.1, 0.15) is 36.9 Å². The third kappa shape index (κ3) is 11.5. The minimum absolute atomic E-state index is 0.0593. The van der Waals surface area contributed by atoms with E-state index >= 15 is 0 Å². The molecule has 0 radical (unpaired) electrons. The topological polar surface area (TPSA) is 99.4 Å². The Kier molecular flexibility index (Phi) is 15.6. The van der Waals surface area contributed by atoms with Crippen LogP contribution in [0.4, 0.5) is 0 Å². The maximum Gasteiger partial charge on any atom is 0.119 e. The SMILES string of the molecule is CCCCCCCCCCCCc1cc(-c2ccc(-c3ccc(OCC(O)CO)cc3)s2)sc1-c1ccc(OCC(O)CO)cc1. The third-order valence-electron chi connectivity index (χ3n) is 8.02. The van der Waals surface area contributed by atoms with E-state index in [4.69, 9.17) is 19.7 Å². The summed E-state index contributed by atoms with van der Waals surface area (Å²) >= 11 is 3.60. The van der Waals surface area contributed by atoms with E-state index in [1.807, 2.05) is 47.7 Å². The van der Waals surface area contributed by atoms with Crippen LogP contribution in [-0.2, 0) is 6.42 Å². The second-order valence-corrected chi connectivity index (χ2v) is 14.0. The predicted molar refractivity (Wildman–Crippen MR) is 191 cm³/mol. The third-order valence-corrected chi connectivity index (χ3v) is 10.6. The molecule has 0 aliphatic carbocycles. The van der Waals surface area contributed by atoms with Crippen LogP contribution in [0.2, 0.25) is 0 Å². The molecule has 2 atom stereocenters. The minimum Gasteiger partial charge on any atom is -0.491 e. The summed E-state index contributed by atoms with van der Waals surface area (Å²) in [6.07, 6.45) is 12.5. The number of aryl methyl sites for hydroxylation is 1. The van der Waals surface area contributed by atoms with E-state index in [0.29, 0.717) is 11.5 Å². The van der Waals surface area contributed by atoms with Crippen molar-refractivity contribution in [3.8, 4) is 42.1 Å². The van der Waals surface area contributed by atoms with Gasteiger partial charge in [0.2, 0.25) is 0 Å². The molecule has 2 aromatic heterocycles. The molecular weight excluding hydrogens is 617 g/mol. The Morgan fingerprint density at radius 3 is 1.61 bits per heavy atom. The zero-order chi connectivity index (χ0) is 32.6. The highest BCUT2D eigenvalue weighted by atomic mass is 32.1. The van der Waals surface area contributed by atoms with Crippen molar-refractivity contribution < 1.29 is 29.9 Å². The first kappa shape index (κ1) is 36.1. The molecule has 0 fully saturated rings. The lowest BCUT2D eigenvalue weighted by atomic mass is 10.0. The molecule has 0 aliphatic rings. The number of hydrogen-bond acceptors (Lipinski definition) is 8. The van der Waals surface area contributed by atoms with Crippen molar-refractivity contribution in [3.05, 3.63) is 72.3 Å². The van der Waals surface area contributed by atoms with E-state index in [-0.39, 0.29) is 26.4 Å². The van der Waals surface area contributed by atoms with E-state index < -0.39 is 12.2 Å². The monoisotopic (exact) mass is 666 g/mol. The van der Waals surface area contributed by atoms with Gasteiger partial charge in [-0.05, 0) is 96.3 Å². The van der Waals surface area contributed by atoms with Crippen LogP contribution in [0.5, 0.6) is 11.5 Å². The summed E-state index contributed by atoms with van der Waals surface area (Å²) in [5.74, 6) is 1.33. The highest BCUT2D eigenvalue weighted by Crippen LogP contribution is 2.43. The predicted octanol–water partition coefficient (Wildman–Crippen LogP) is 8.74. The van der Waals surface area contributed by atoms with Crippen molar-refractivity contribution >= 4 is 22.7 Å². The number of thiophene rings is 2. The Morgan fingerprint density at radius 1 is 0.565 bits per heavy atom. The lowest BCUT2D eigenvalue weighted by Crippen LogP contribution is -2.21. The number of benzene rings is 2. The molecule has 6 nitrogen and oxygen atoms in total. The van der Waals surface area contributed by atoms with Crippen LogP contribution >= 0.6 is 22.7 Å². The van der Waals surface area contributed by atoms with Crippen LogP contribution in [0.15, 0.2) is 66.7 Å². The summed E-state index contributed by atoms with van der Waals surface area (Å²) in [5, 5.41) is 37.3. The summed E-state index contributed by atoms with van der Waals surface area (Å²) in [4.78, 5) is 4.96. The first-order valence-electron chi connectivity index (χ1n) is 16.8. The normalized spacial score (nSPS) is 12.7. The Labute approximate surface area is 282 Å². The van der Waals surface area contributed by atoms with Crippen LogP contribution in [0.1, 0.15) is 76.7 Å². The fourth-order valence-electron chi connectivity index (χ4n) is 5.32. The lowest BCUT2D eigenvalue weighted by molar-refractivity contribution is 0.0536. The molecule has 0 bridgehead atoms. The maximum atomic E-state index is 9.63. The van der Waals surface area contributed by atoms with Crippen molar-refractivity contribution in [1.82, 2.24) is 0 Å². The van der Waals surface area contributed by atoms with E-state index in [2.05, 4.69) is 37.3 Å². The average Bonchev–Trinajstić information content (AvgIpc) is 3.75. The smallest absolute Gasteiger partial charge is 0.119 e. The van der Waals surface area contributed by atoms with Crippen LogP contribution in [0.3, 0.4) is 0 Å². The Balaban J connectivity index is 1.43. The maximum absolute atomic E-state index is 9.63. The largest absolute Gasteiger partial charge is 0.491 e. The van der Waals surface area contributed by atoms with E-state index in [0.717, 1.165) is 17.5 Å². The van der Waals surface area contributed by atoms with Gasteiger partial charge in [-0.2, -0.15) is 0 Å². The molecule has 2 aromatic carbocycles. The highest BCUT2D eigenvalue weighted by molar-refractivity contribution is 7.25. The number of aliphatic hydroxyl groups is 4. The second-order valence-electron chi connectivity index (χ2n) is 11.9. The fourth-order valence-corrected chi connectivity index (χ4v) is 7.63. The summed E-state index contributed by atoms with van der Waals surface area (Å²) in [5.41, 5.74) is 3.65. The van der Waals surface area contributed by atoms with Crippen molar-refractivity contribution in [2.45, 2.75) is 89.8 Å². The van der Waals surface area contributed by atoms with Gasteiger partial charge in [0, 0.05) is 19.5 Å². The first-order chi connectivity index (χ1) is 22.5. The van der Waals surface area contributed by atoms with Gasteiger partial charge in [0.05, 0.1) is 13.2 Å². The van der Waals surface area contributed by atoms with Gasteiger partial charge >= 0.3 is 0 Å². The Morgan fingerprint density at radius 2 is 1.07 bits per heavy atom. The quantitative estimate of drug-likeness (QED) is 0.0627. The molecule has 4 aromatic rings. The van der Waals surface area contributed by atoms with Gasteiger partial charge < -0.3 is 29.9 Å². The second kappa shape index (κ2) is 19.8. The van der Waals surface area contributed by atoms with E-state index in [9.17, 15) is 10.2 Å². The van der Waals surface area contributed by atoms with Crippen LogP contribution in [-0.4, -0.2) is 59.1 Å². The van der Waals surface area contributed by atoms with Gasteiger partial charge in [-0.15, -0.1) is 22.7 Å². The molecule has 2 unspecified atom stereocenters. The summed E-state index contributed by atoms with van der Waals surface area (Å²) in [7, 11) is 0. The van der Waals surface area contributed by atoms with Gasteiger partial charge in [-0.25, -0.2) is 0 Å². The molecule has 4 N–H and O–H groups in total. The molecule has 8 heteroatoms. The van der Waals surface area contributed by atoms with Crippen molar-refractivity contribution in [1.29, 1.82) is 0 Å². The van der Waals surface area contributed by atoms with Crippen molar-refractivity contribution in [3.63, 3.8) is 0 Å². The van der Waals surface area contributed by atoms with Crippen LogP contribution < -0.4 is 9.47 Å². The van der Waals surface area contributed by atoms with Gasteiger partial charge in [-0.1, -0.05) is 64.7 Å². The number of unbranched alkanes of at least 4 members (excludes halogenated alkanes) is 9.